The van der Waals surface area contributed by atoms with E-state index >= 15 is 0 Å². The van der Waals surface area contributed by atoms with Crippen LogP contribution in [0.15, 0.2) is 29.2 Å². The standard InChI is InChI=1S/C15H16F6O3S/c1-9-2-4-13(5-3-9)25(22,23)24-12-7-10(14(16,17)18)6-11(8-12)15(19,20)21/h2-5,10-12H,6-8H2,1H3/t10-,11+,12?. The Hall–Kier alpha value is -1.29. The molecular weight excluding hydrogens is 374 g/mol. The van der Waals surface area contributed by atoms with Gasteiger partial charge in [0.25, 0.3) is 10.1 Å². The molecule has 1 saturated carbocycles. The summed E-state index contributed by atoms with van der Waals surface area (Å²) < 4.78 is 106. The maximum Gasteiger partial charge on any atom is 0.391 e. The molecule has 0 radical (unpaired) electrons. The smallest absolute Gasteiger partial charge is 0.263 e. The fourth-order valence-corrected chi connectivity index (χ4v) is 3.92. The summed E-state index contributed by atoms with van der Waals surface area (Å²) in [5, 5.41) is 0. The molecule has 1 aliphatic rings. The van der Waals surface area contributed by atoms with Crippen LogP contribution in [-0.4, -0.2) is 26.9 Å². The Morgan fingerprint density at radius 1 is 0.880 bits per heavy atom. The highest BCUT2D eigenvalue weighted by atomic mass is 32.2. The van der Waals surface area contributed by atoms with Gasteiger partial charge < -0.3 is 0 Å². The zero-order valence-corrected chi connectivity index (χ0v) is 13.9. The van der Waals surface area contributed by atoms with E-state index in [0.29, 0.717) is 0 Å². The zero-order chi connectivity index (χ0) is 19.0. The van der Waals surface area contributed by atoms with Crippen LogP contribution in [0.2, 0.25) is 0 Å². The minimum absolute atomic E-state index is 0.309. The third kappa shape index (κ3) is 5.10. The molecule has 0 bridgehead atoms. The first-order chi connectivity index (χ1) is 11.3. The zero-order valence-electron chi connectivity index (χ0n) is 13.1. The van der Waals surface area contributed by atoms with Crippen LogP contribution in [0.5, 0.6) is 0 Å². The predicted octanol–water partition coefficient (Wildman–Crippen LogP) is 4.61. The van der Waals surface area contributed by atoms with E-state index in [1.54, 1.807) is 6.92 Å². The van der Waals surface area contributed by atoms with Crippen molar-refractivity contribution >= 4 is 10.1 Å². The van der Waals surface area contributed by atoms with E-state index < -0.39 is 59.7 Å². The van der Waals surface area contributed by atoms with Crippen LogP contribution >= 0.6 is 0 Å². The third-order valence-corrected chi connectivity index (χ3v) is 5.54. The largest absolute Gasteiger partial charge is 0.391 e. The maximum atomic E-state index is 12.9. The van der Waals surface area contributed by atoms with Gasteiger partial charge in [0.2, 0.25) is 0 Å². The molecule has 1 aliphatic carbocycles. The molecule has 0 spiro atoms. The second kappa shape index (κ2) is 6.79. The van der Waals surface area contributed by atoms with Crippen LogP contribution < -0.4 is 0 Å². The average Bonchev–Trinajstić information content (AvgIpc) is 2.45. The third-order valence-electron chi connectivity index (χ3n) is 4.16. The van der Waals surface area contributed by atoms with Gasteiger partial charge in [-0.2, -0.15) is 34.8 Å². The maximum absolute atomic E-state index is 12.9. The summed E-state index contributed by atoms with van der Waals surface area (Å²) >= 11 is 0. The van der Waals surface area contributed by atoms with Gasteiger partial charge in [0.05, 0.1) is 22.8 Å². The number of rotatable bonds is 3. The van der Waals surface area contributed by atoms with Gasteiger partial charge in [-0.25, -0.2) is 0 Å². The van der Waals surface area contributed by atoms with E-state index in [4.69, 9.17) is 4.18 Å². The van der Waals surface area contributed by atoms with Crippen LogP contribution in [0, 0.1) is 18.8 Å². The molecule has 3 nitrogen and oxygen atoms in total. The average molecular weight is 390 g/mol. The van der Waals surface area contributed by atoms with Crippen LogP contribution in [-0.2, 0) is 14.3 Å². The highest BCUT2D eigenvalue weighted by Crippen LogP contribution is 2.46. The van der Waals surface area contributed by atoms with Crippen molar-refractivity contribution in [2.75, 3.05) is 0 Å². The molecule has 2 rings (SSSR count). The summed E-state index contributed by atoms with van der Waals surface area (Å²) in [4.78, 5) is -0.309. The quantitative estimate of drug-likeness (QED) is 0.559. The Morgan fingerprint density at radius 3 is 1.72 bits per heavy atom. The van der Waals surface area contributed by atoms with E-state index in [2.05, 4.69) is 0 Å². The molecule has 25 heavy (non-hydrogen) atoms. The van der Waals surface area contributed by atoms with E-state index in [-0.39, 0.29) is 4.90 Å². The molecule has 0 amide bonds. The first-order valence-electron chi connectivity index (χ1n) is 7.42. The van der Waals surface area contributed by atoms with Crippen LogP contribution in [0.1, 0.15) is 24.8 Å². The van der Waals surface area contributed by atoms with Crippen molar-refractivity contribution in [3.05, 3.63) is 29.8 Å². The summed E-state index contributed by atoms with van der Waals surface area (Å²) in [6, 6.07) is 5.29. The molecule has 10 heteroatoms. The van der Waals surface area contributed by atoms with Crippen molar-refractivity contribution in [3.63, 3.8) is 0 Å². The number of hydrogen-bond acceptors (Lipinski definition) is 3. The van der Waals surface area contributed by atoms with Gasteiger partial charge in [0.1, 0.15) is 0 Å². The molecule has 0 aliphatic heterocycles. The lowest BCUT2D eigenvalue weighted by Crippen LogP contribution is -2.41. The van der Waals surface area contributed by atoms with Gasteiger partial charge >= 0.3 is 12.4 Å². The minimum atomic E-state index is -4.85. The Morgan fingerprint density at radius 2 is 1.32 bits per heavy atom. The molecule has 0 saturated heterocycles. The fraction of sp³-hybridized carbons (Fsp3) is 0.600. The molecule has 1 aromatic carbocycles. The fourth-order valence-electron chi connectivity index (χ4n) is 2.82. The minimum Gasteiger partial charge on any atom is -0.263 e. The lowest BCUT2D eigenvalue weighted by molar-refractivity contribution is -0.231. The van der Waals surface area contributed by atoms with Crippen molar-refractivity contribution in [3.8, 4) is 0 Å². The summed E-state index contributed by atoms with van der Waals surface area (Å²) in [5.74, 6) is -4.52. The Balaban J connectivity index is 2.22. The van der Waals surface area contributed by atoms with E-state index in [1.165, 1.54) is 24.3 Å². The SMILES string of the molecule is Cc1ccc(S(=O)(=O)OC2C[C@@H](C(F)(F)F)C[C@@H](C(F)(F)F)C2)cc1. The van der Waals surface area contributed by atoms with Crippen molar-refractivity contribution < 1.29 is 38.9 Å². The van der Waals surface area contributed by atoms with Gasteiger partial charge in [0, 0.05) is 0 Å². The molecule has 1 aromatic rings. The Labute approximate surface area is 141 Å². The van der Waals surface area contributed by atoms with Crippen LogP contribution in [0.4, 0.5) is 26.3 Å². The monoisotopic (exact) mass is 390 g/mol. The number of hydrogen-bond donors (Lipinski definition) is 0. The number of benzene rings is 1. The second-order valence-corrected chi connectivity index (χ2v) is 7.74. The van der Waals surface area contributed by atoms with Gasteiger partial charge in [-0.15, -0.1) is 0 Å². The predicted molar refractivity (Wildman–Crippen MR) is 76.2 cm³/mol. The summed E-state index contributed by atoms with van der Waals surface area (Å²) in [5.41, 5.74) is 0.742. The van der Waals surface area contributed by atoms with E-state index in [1.807, 2.05) is 0 Å². The Bertz CT molecular complexity index is 671. The summed E-state index contributed by atoms with van der Waals surface area (Å²) in [6.07, 6.45) is -14.1. The molecule has 0 aromatic heterocycles. The highest BCUT2D eigenvalue weighted by Gasteiger charge is 2.52. The van der Waals surface area contributed by atoms with Gasteiger partial charge in [-0.3, -0.25) is 4.18 Å². The first kappa shape index (κ1) is 20.0. The van der Waals surface area contributed by atoms with Gasteiger partial charge in [-0.05, 0) is 38.3 Å². The molecule has 3 atom stereocenters. The number of halogens is 6. The van der Waals surface area contributed by atoms with E-state index in [9.17, 15) is 34.8 Å². The van der Waals surface area contributed by atoms with Crippen LogP contribution in [0.3, 0.4) is 0 Å². The molecule has 1 fully saturated rings. The van der Waals surface area contributed by atoms with Crippen molar-refractivity contribution in [2.45, 2.75) is 49.5 Å². The van der Waals surface area contributed by atoms with Gasteiger partial charge in [0.15, 0.2) is 0 Å². The highest BCUT2D eigenvalue weighted by molar-refractivity contribution is 7.86. The molecule has 0 heterocycles. The first-order valence-corrected chi connectivity index (χ1v) is 8.83. The van der Waals surface area contributed by atoms with Crippen molar-refractivity contribution in [1.29, 1.82) is 0 Å². The molecule has 142 valence electrons. The molecular formula is C15H16F6O3S. The topological polar surface area (TPSA) is 43.4 Å². The summed E-state index contributed by atoms with van der Waals surface area (Å²) in [6.45, 7) is 1.69. The molecule has 1 unspecified atom stereocenters. The number of aryl methyl sites for hydroxylation is 1. The van der Waals surface area contributed by atoms with Crippen LogP contribution in [0.25, 0.3) is 0 Å². The molecule has 0 N–H and O–H groups in total. The van der Waals surface area contributed by atoms with Crippen molar-refractivity contribution in [2.24, 2.45) is 11.8 Å². The van der Waals surface area contributed by atoms with E-state index in [0.717, 1.165) is 5.56 Å². The normalized spacial score (nSPS) is 25.8. The second-order valence-electron chi connectivity index (χ2n) is 6.17. The lowest BCUT2D eigenvalue weighted by Gasteiger charge is -2.36. The van der Waals surface area contributed by atoms with Crippen molar-refractivity contribution in [1.82, 2.24) is 0 Å². The summed E-state index contributed by atoms with van der Waals surface area (Å²) in [7, 11) is -4.45. The number of alkyl halides is 6. The lowest BCUT2D eigenvalue weighted by atomic mass is 9.79. The van der Waals surface area contributed by atoms with Gasteiger partial charge in [-0.1, -0.05) is 17.7 Å². The Kier molecular flexibility index (Phi) is 5.44.